The molecule has 0 aliphatic heterocycles. The molecule has 1 rings (SSSR count). The van der Waals surface area contributed by atoms with Crippen molar-refractivity contribution in [2.24, 2.45) is 0 Å². The summed E-state index contributed by atoms with van der Waals surface area (Å²) >= 11 is 1.89. The summed E-state index contributed by atoms with van der Waals surface area (Å²) in [6.07, 6.45) is 0. The van der Waals surface area contributed by atoms with Crippen LogP contribution < -0.4 is 3.07 Å². The Hall–Kier alpha value is -0.250. The molecule has 2 heteroatoms. The Bertz CT molecular complexity index is 233. The summed E-state index contributed by atoms with van der Waals surface area (Å²) in [5.74, 6) is 0.950. The average Bonchev–Trinajstić information content (AvgIpc) is 1.88. The van der Waals surface area contributed by atoms with Crippen LogP contribution in [0.1, 0.15) is 11.1 Å². The molecule has 1 aromatic rings. The lowest BCUT2D eigenvalue weighted by atomic mass is 10.1. The molecule has 0 heterocycles. The summed E-state index contributed by atoms with van der Waals surface area (Å²) in [7, 11) is 0. The van der Waals surface area contributed by atoms with Gasteiger partial charge < -0.3 is 3.07 Å². The van der Waals surface area contributed by atoms with E-state index < -0.39 is 0 Å². The molecule has 0 saturated carbocycles. The van der Waals surface area contributed by atoms with E-state index in [1.807, 2.05) is 42.1 Å². The predicted molar refractivity (Wildman–Crippen MR) is 50.6 cm³/mol. The third-order valence-electron chi connectivity index (χ3n) is 1.41. The fourth-order valence-corrected chi connectivity index (χ4v) is 1.38. The molecule has 0 amide bonds. The van der Waals surface area contributed by atoms with Crippen LogP contribution in [0.25, 0.3) is 0 Å². The van der Waals surface area contributed by atoms with Gasteiger partial charge in [0.1, 0.15) is 5.75 Å². The Balaban J connectivity index is 3.07. The van der Waals surface area contributed by atoms with Crippen molar-refractivity contribution in [3.05, 3.63) is 29.3 Å². The highest BCUT2D eigenvalue weighted by molar-refractivity contribution is 14.1. The lowest BCUT2D eigenvalue weighted by Gasteiger charge is -2.01. The number of aryl methyl sites for hydroxylation is 2. The fraction of sp³-hybridized carbons (Fsp3) is 0.250. The van der Waals surface area contributed by atoms with Crippen LogP contribution >= 0.6 is 23.0 Å². The van der Waals surface area contributed by atoms with Crippen LogP contribution in [-0.4, -0.2) is 0 Å². The van der Waals surface area contributed by atoms with Crippen molar-refractivity contribution in [1.82, 2.24) is 0 Å². The van der Waals surface area contributed by atoms with E-state index in [0.29, 0.717) is 0 Å². The fourth-order valence-electron chi connectivity index (χ4n) is 0.886. The summed E-state index contributed by atoms with van der Waals surface area (Å²) in [6, 6.07) is 6.13. The minimum atomic E-state index is 0.950. The molecule has 0 fully saturated rings. The molecule has 10 heavy (non-hydrogen) atoms. The van der Waals surface area contributed by atoms with E-state index in [1.165, 1.54) is 11.1 Å². The highest BCUT2D eigenvalue weighted by atomic mass is 127. The van der Waals surface area contributed by atoms with Crippen molar-refractivity contribution in [2.75, 3.05) is 0 Å². The second kappa shape index (κ2) is 3.23. The maximum absolute atomic E-state index is 5.07. The SMILES string of the molecule is Cc1ccc(OI)c(C)c1. The molecule has 0 spiro atoms. The van der Waals surface area contributed by atoms with E-state index in [1.54, 1.807) is 0 Å². The summed E-state index contributed by atoms with van der Waals surface area (Å²) < 4.78 is 5.07. The summed E-state index contributed by atoms with van der Waals surface area (Å²) in [4.78, 5) is 0. The van der Waals surface area contributed by atoms with Crippen LogP contribution in [0.4, 0.5) is 0 Å². The van der Waals surface area contributed by atoms with Gasteiger partial charge in [-0.25, -0.2) is 0 Å². The first kappa shape index (κ1) is 7.85. The molecule has 0 bridgehead atoms. The first-order valence-electron chi connectivity index (χ1n) is 3.10. The molecule has 0 unspecified atom stereocenters. The summed E-state index contributed by atoms with van der Waals surface area (Å²) in [5, 5.41) is 0. The van der Waals surface area contributed by atoms with Gasteiger partial charge in [-0.2, -0.15) is 0 Å². The second-order valence-corrected chi connectivity index (χ2v) is 2.79. The van der Waals surface area contributed by atoms with Gasteiger partial charge in [0.15, 0.2) is 23.0 Å². The topological polar surface area (TPSA) is 9.23 Å². The van der Waals surface area contributed by atoms with Gasteiger partial charge in [-0.15, -0.1) is 0 Å². The smallest absolute Gasteiger partial charge is 0.192 e. The Morgan fingerprint density at radius 3 is 2.50 bits per heavy atom. The first-order valence-corrected chi connectivity index (χ1v) is 3.98. The third-order valence-corrected chi connectivity index (χ3v) is 1.89. The van der Waals surface area contributed by atoms with Gasteiger partial charge >= 0.3 is 0 Å². The number of rotatable bonds is 1. The zero-order valence-electron chi connectivity index (χ0n) is 6.02. The summed E-state index contributed by atoms with van der Waals surface area (Å²) in [6.45, 7) is 4.12. The molecule has 1 nitrogen and oxygen atoms in total. The second-order valence-electron chi connectivity index (χ2n) is 2.35. The van der Waals surface area contributed by atoms with Crippen molar-refractivity contribution >= 4 is 23.0 Å². The van der Waals surface area contributed by atoms with Crippen molar-refractivity contribution in [3.63, 3.8) is 0 Å². The average molecular weight is 248 g/mol. The Labute approximate surface area is 75.1 Å². The van der Waals surface area contributed by atoms with Gasteiger partial charge in [-0.3, -0.25) is 0 Å². The van der Waals surface area contributed by atoms with Crippen LogP contribution in [0.2, 0.25) is 0 Å². The van der Waals surface area contributed by atoms with E-state index in [4.69, 9.17) is 3.07 Å². The molecule has 0 atom stereocenters. The number of halogens is 1. The van der Waals surface area contributed by atoms with Crippen LogP contribution in [0.15, 0.2) is 18.2 Å². The lowest BCUT2D eigenvalue weighted by molar-refractivity contribution is 0.708. The molecule has 0 aliphatic carbocycles. The highest BCUT2D eigenvalue weighted by Gasteiger charge is 1.95. The monoisotopic (exact) mass is 248 g/mol. The van der Waals surface area contributed by atoms with Crippen LogP contribution in [-0.2, 0) is 0 Å². The normalized spacial score (nSPS) is 9.50. The predicted octanol–water partition coefficient (Wildman–Crippen LogP) is 3.03. The minimum absolute atomic E-state index is 0.950. The molecule has 0 radical (unpaired) electrons. The standard InChI is InChI=1S/C8H9IO/c1-6-3-4-8(10-9)7(2)5-6/h3-5H,1-2H3. The number of hydrogen-bond donors (Lipinski definition) is 0. The molecule has 54 valence electrons. The highest BCUT2D eigenvalue weighted by Crippen LogP contribution is 2.20. The van der Waals surface area contributed by atoms with Crippen molar-refractivity contribution in [2.45, 2.75) is 13.8 Å². The zero-order valence-corrected chi connectivity index (χ0v) is 8.18. The maximum atomic E-state index is 5.07. The third kappa shape index (κ3) is 1.62. The van der Waals surface area contributed by atoms with Crippen molar-refractivity contribution < 1.29 is 3.07 Å². The quantitative estimate of drug-likeness (QED) is 0.694. The van der Waals surface area contributed by atoms with Crippen molar-refractivity contribution in [1.29, 1.82) is 0 Å². The molecule has 0 aromatic heterocycles. The van der Waals surface area contributed by atoms with Gasteiger partial charge in [0.25, 0.3) is 0 Å². The van der Waals surface area contributed by atoms with E-state index in [9.17, 15) is 0 Å². The van der Waals surface area contributed by atoms with Crippen molar-refractivity contribution in [3.8, 4) is 5.75 Å². The van der Waals surface area contributed by atoms with Gasteiger partial charge in [-0.1, -0.05) is 17.7 Å². The lowest BCUT2D eigenvalue weighted by Crippen LogP contribution is -1.80. The number of benzene rings is 1. The van der Waals surface area contributed by atoms with E-state index in [0.717, 1.165) is 5.75 Å². The Morgan fingerprint density at radius 2 is 2.00 bits per heavy atom. The Kier molecular flexibility index (Phi) is 2.54. The van der Waals surface area contributed by atoms with Gasteiger partial charge in [-0.05, 0) is 25.5 Å². The molecular formula is C8H9IO. The Morgan fingerprint density at radius 1 is 1.30 bits per heavy atom. The molecular weight excluding hydrogens is 239 g/mol. The maximum Gasteiger partial charge on any atom is 0.192 e. The van der Waals surface area contributed by atoms with E-state index in [-0.39, 0.29) is 0 Å². The van der Waals surface area contributed by atoms with E-state index in [2.05, 4.69) is 13.0 Å². The van der Waals surface area contributed by atoms with Crippen LogP contribution in [0.3, 0.4) is 0 Å². The minimum Gasteiger partial charge on any atom is -0.427 e. The molecule has 0 saturated heterocycles. The summed E-state index contributed by atoms with van der Waals surface area (Å²) in [5.41, 5.74) is 2.46. The largest absolute Gasteiger partial charge is 0.427 e. The van der Waals surface area contributed by atoms with Crippen LogP contribution in [0.5, 0.6) is 5.75 Å². The van der Waals surface area contributed by atoms with Gasteiger partial charge in [0.2, 0.25) is 0 Å². The molecule has 0 aliphatic rings. The van der Waals surface area contributed by atoms with E-state index >= 15 is 0 Å². The molecule has 1 aromatic carbocycles. The number of hydrogen-bond acceptors (Lipinski definition) is 1. The van der Waals surface area contributed by atoms with Gasteiger partial charge in [0, 0.05) is 0 Å². The first-order chi connectivity index (χ1) is 4.74. The zero-order chi connectivity index (χ0) is 7.56. The van der Waals surface area contributed by atoms with Crippen LogP contribution in [0, 0.1) is 13.8 Å². The van der Waals surface area contributed by atoms with Gasteiger partial charge in [0.05, 0.1) is 0 Å². The molecule has 0 N–H and O–H groups in total.